The lowest BCUT2D eigenvalue weighted by Crippen LogP contribution is -2.44. The molecule has 1 atom stereocenters. The Balaban J connectivity index is 1.40. The Hall–Kier alpha value is -2.35. The fourth-order valence-corrected chi connectivity index (χ4v) is 4.35. The summed E-state index contributed by atoms with van der Waals surface area (Å²) in [6.45, 7) is 8.03. The number of para-hydroxylation sites is 1. The van der Waals surface area contributed by atoms with E-state index in [9.17, 15) is 4.79 Å². The molecular formula is C21H31N5O2S. The van der Waals surface area contributed by atoms with Crippen molar-refractivity contribution in [2.24, 2.45) is 4.99 Å². The van der Waals surface area contributed by atoms with Crippen molar-refractivity contribution < 1.29 is 9.53 Å². The molecule has 0 saturated carbocycles. The molecule has 1 amide bonds. The van der Waals surface area contributed by atoms with Gasteiger partial charge in [0.25, 0.3) is 0 Å². The molecule has 1 saturated heterocycles. The Bertz CT molecular complexity index is 825. The number of guanidine groups is 1. The number of alkyl carbamates (subject to hydrolysis) is 1. The third kappa shape index (κ3) is 6.32. The number of likely N-dealkylation sites (tertiary alicyclic amines) is 1. The normalized spacial score (nSPS) is 17.6. The van der Waals surface area contributed by atoms with E-state index < -0.39 is 5.60 Å². The first-order valence-corrected chi connectivity index (χ1v) is 11.0. The molecule has 0 spiro atoms. The summed E-state index contributed by atoms with van der Waals surface area (Å²) in [7, 11) is 1.80. The molecule has 2 aromatic rings. The number of aliphatic imine (C=N–C) groups is 1. The van der Waals surface area contributed by atoms with Gasteiger partial charge in [0.15, 0.2) is 5.96 Å². The Morgan fingerprint density at radius 1 is 1.38 bits per heavy atom. The SMILES string of the molecule is CN=C(NCCCc1nc2ccccc2s1)N1CCC(NC(=O)OC(C)(C)C)C1. The van der Waals surface area contributed by atoms with Gasteiger partial charge >= 0.3 is 6.09 Å². The number of aryl methyl sites for hydroxylation is 1. The van der Waals surface area contributed by atoms with E-state index in [-0.39, 0.29) is 12.1 Å². The highest BCUT2D eigenvalue weighted by atomic mass is 32.1. The zero-order valence-corrected chi connectivity index (χ0v) is 18.5. The Labute approximate surface area is 176 Å². The lowest BCUT2D eigenvalue weighted by atomic mass is 10.2. The molecule has 1 fully saturated rings. The summed E-state index contributed by atoms with van der Waals surface area (Å²) in [5.74, 6) is 0.878. The van der Waals surface area contributed by atoms with Crippen LogP contribution in [0.3, 0.4) is 0 Å². The van der Waals surface area contributed by atoms with E-state index in [1.165, 1.54) is 9.71 Å². The number of nitrogens with zero attached hydrogens (tertiary/aromatic N) is 3. The Morgan fingerprint density at radius 2 is 2.17 bits per heavy atom. The maximum absolute atomic E-state index is 12.0. The molecule has 0 bridgehead atoms. The van der Waals surface area contributed by atoms with Crippen LogP contribution in [0.5, 0.6) is 0 Å². The Morgan fingerprint density at radius 3 is 2.90 bits per heavy atom. The second kappa shape index (κ2) is 9.43. The van der Waals surface area contributed by atoms with Gasteiger partial charge < -0.3 is 20.3 Å². The van der Waals surface area contributed by atoms with Gasteiger partial charge in [-0.25, -0.2) is 9.78 Å². The van der Waals surface area contributed by atoms with Gasteiger partial charge in [-0.05, 0) is 45.7 Å². The van der Waals surface area contributed by atoms with Crippen molar-refractivity contribution in [3.63, 3.8) is 0 Å². The standard InChI is InChI=1S/C21H31N5O2S/c1-21(2,3)28-20(27)24-15-11-13-26(14-15)19(22-4)23-12-7-10-18-25-16-8-5-6-9-17(16)29-18/h5-6,8-9,15H,7,10-14H2,1-4H3,(H,22,23)(H,24,27). The van der Waals surface area contributed by atoms with Gasteiger partial charge in [0.2, 0.25) is 0 Å². The third-order valence-corrected chi connectivity index (χ3v) is 5.71. The quantitative estimate of drug-likeness (QED) is 0.443. The average Bonchev–Trinajstić information content (AvgIpc) is 3.26. The molecule has 7 nitrogen and oxygen atoms in total. The van der Waals surface area contributed by atoms with Gasteiger partial charge in [-0.3, -0.25) is 4.99 Å². The van der Waals surface area contributed by atoms with E-state index in [2.05, 4.69) is 43.7 Å². The largest absolute Gasteiger partial charge is 0.444 e. The van der Waals surface area contributed by atoms with Crippen LogP contribution >= 0.6 is 11.3 Å². The predicted octanol–water partition coefficient (Wildman–Crippen LogP) is 3.40. The number of hydrogen-bond donors (Lipinski definition) is 2. The second-order valence-corrected chi connectivity index (χ2v) is 9.35. The summed E-state index contributed by atoms with van der Waals surface area (Å²) in [5, 5.41) is 7.56. The first-order chi connectivity index (χ1) is 13.8. The summed E-state index contributed by atoms with van der Waals surface area (Å²) in [4.78, 5) is 23.2. The smallest absolute Gasteiger partial charge is 0.407 e. The number of amides is 1. The van der Waals surface area contributed by atoms with Crippen molar-refractivity contribution >= 4 is 33.6 Å². The fraction of sp³-hybridized carbons (Fsp3) is 0.571. The van der Waals surface area contributed by atoms with E-state index in [0.717, 1.165) is 50.4 Å². The fourth-order valence-electron chi connectivity index (χ4n) is 3.34. The number of fused-ring (bicyclic) bond motifs is 1. The molecule has 0 aliphatic carbocycles. The minimum absolute atomic E-state index is 0.0751. The monoisotopic (exact) mass is 417 g/mol. The van der Waals surface area contributed by atoms with Gasteiger partial charge in [-0.1, -0.05) is 12.1 Å². The molecule has 2 heterocycles. The van der Waals surface area contributed by atoms with Gasteiger partial charge in [0.05, 0.1) is 21.3 Å². The van der Waals surface area contributed by atoms with Crippen LogP contribution in [0.25, 0.3) is 10.2 Å². The van der Waals surface area contributed by atoms with Crippen molar-refractivity contribution in [2.45, 2.75) is 51.7 Å². The molecule has 1 aromatic heterocycles. The van der Waals surface area contributed by atoms with Crippen LogP contribution in [0.15, 0.2) is 29.3 Å². The van der Waals surface area contributed by atoms with Gasteiger partial charge in [-0.15, -0.1) is 11.3 Å². The number of nitrogens with one attached hydrogen (secondary N) is 2. The molecule has 1 unspecified atom stereocenters. The summed E-state index contributed by atoms with van der Waals surface area (Å²) in [5.41, 5.74) is 0.598. The molecule has 158 valence electrons. The highest BCUT2D eigenvalue weighted by Crippen LogP contribution is 2.22. The maximum Gasteiger partial charge on any atom is 0.407 e. The number of carbonyl (C=O) groups is 1. The van der Waals surface area contributed by atoms with E-state index in [1.807, 2.05) is 26.8 Å². The van der Waals surface area contributed by atoms with E-state index in [1.54, 1.807) is 18.4 Å². The van der Waals surface area contributed by atoms with Gasteiger partial charge in [0.1, 0.15) is 5.60 Å². The first-order valence-electron chi connectivity index (χ1n) is 10.1. The molecule has 2 N–H and O–H groups in total. The summed E-state index contributed by atoms with van der Waals surface area (Å²) in [6, 6.07) is 8.33. The molecule has 1 aromatic carbocycles. The van der Waals surface area contributed by atoms with Crippen LogP contribution in [0.2, 0.25) is 0 Å². The lowest BCUT2D eigenvalue weighted by molar-refractivity contribution is 0.0507. The second-order valence-electron chi connectivity index (χ2n) is 8.23. The maximum atomic E-state index is 12.0. The van der Waals surface area contributed by atoms with E-state index in [0.29, 0.717) is 0 Å². The van der Waals surface area contributed by atoms with Crippen LogP contribution in [-0.2, 0) is 11.2 Å². The zero-order chi connectivity index (χ0) is 20.9. The van der Waals surface area contributed by atoms with Crippen LogP contribution in [0.1, 0.15) is 38.6 Å². The number of hydrogen-bond acceptors (Lipinski definition) is 5. The molecule has 1 aliphatic heterocycles. The Kier molecular flexibility index (Phi) is 6.95. The minimum atomic E-state index is -0.483. The van der Waals surface area contributed by atoms with Crippen molar-refractivity contribution in [1.29, 1.82) is 0 Å². The molecule has 29 heavy (non-hydrogen) atoms. The molecule has 8 heteroatoms. The van der Waals surface area contributed by atoms with Crippen molar-refractivity contribution in [3.8, 4) is 0 Å². The van der Waals surface area contributed by atoms with E-state index >= 15 is 0 Å². The molecule has 0 radical (unpaired) electrons. The first kappa shape index (κ1) is 21.4. The molecule has 1 aliphatic rings. The number of benzene rings is 1. The highest BCUT2D eigenvalue weighted by Gasteiger charge is 2.27. The highest BCUT2D eigenvalue weighted by molar-refractivity contribution is 7.18. The topological polar surface area (TPSA) is 78.9 Å². The van der Waals surface area contributed by atoms with Crippen molar-refractivity contribution in [1.82, 2.24) is 20.5 Å². The number of rotatable bonds is 5. The van der Waals surface area contributed by atoms with Gasteiger partial charge in [-0.2, -0.15) is 0 Å². The summed E-state index contributed by atoms with van der Waals surface area (Å²) >= 11 is 1.77. The third-order valence-electron chi connectivity index (χ3n) is 4.61. The van der Waals surface area contributed by atoms with E-state index in [4.69, 9.17) is 4.74 Å². The lowest BCUT2D eigenvalue weighted by Gasteiger charge is -2.23. The predicted molar refractivity (Wildman–Crippen MR) is 119 cm³/mol. The van der Waals surface area contributed by atoms with Crippen LogP contribution in [-0.4, -0.2) is 60.3 Å². The van der Waals surface area contributed by atoms with Crippen molar-refractivity contribution in [3.05, 3.63) is 29.3 Å². The number of ether oxygens (including phenoxy) is 1. The minimum Gasteiger partial charge on any atom is -0.444 e. The number of aromatic nitrogens is 1. The average molecular weight is 418 g/mol. The molecular weight excluding hydrogens is 386 g/mol. The van der Waals surface area contributed by atoms with Crippen LogP contribution in [0.4, 0.5) is 4.79 Å². The van der Waals surface area contributed by atoms with Gasteiger partial charge in [0, 0.05) is 33.1 Å². The number of thiazole rings is 1. The van der Waals surface area contributed by atoms with Crippen LogP contribution in [0, 0.1) is 0 Å². The summed E-state index contributed by atoms with van der Waals surface area (Å²) < 4.78 is 6.59. The van der Waals surface area contributed by atoms with Crippen molar-refractivity contribution in [2.75, 3.05) is 26.7 Å². The van der Waals surface area contributed by atoms with Crippen LogP contribution < -0.4 is 10.6 Å². The number of carbonyl (C=O) groups excluding carboxylic acids is 1. The summed E-state index contributed by atoms with van der Waals surface area (Å²) in [6.07, 6.45) is 2.47. The zero-order valence-electron chi connectivity index (χ0n) is 17.7. The molecule has 3 rings (SSSR count).